The molecule has 0 fully saturated rings. The Kier molecular flexibility index (Phi) is 4.02. The first-order chi connectivity index (χ1) is 5.09. The average Bonchev–Trinajstić information content (AvgIpc) is 1.98. The Balaban J connectivity index is 3.84. The van der Waals surface area contributed by atoms with Crippen LogP contribution in [0.25, 0.3) is 0 Å². The van der Waals surface area contributed by atoms with Crippen LogP contribution >= 0.6 is 0 Å². The van der Waals surface area contributed by atoms with Crippen molar-refractivity contribution in [3.63, 3.8) is 0 Å². The maximum absolute atomic E-state index is 10.6. The molecule has 0 N–H and O–H groups in total. The quantitative estimate of drug-likeness (QED) is 0.341. The molecule has 0 spiro atoms. The van der Waals surface area contributed by atoms with E-state index >= 15 is 0 Å². The van der Waals surface area contributed by atoms with Crippen molar-refractivity contribution in [3.05, 3.63) is 10.1 Å². The van der Waals surface area contributed by atoms with Gasteiger partial charge >= 0.3 is 5.91 Å². The first kappa shape index (κ1) is 9.74. The standard InChI is InChI=1S/C6H9NO4/c1-2-3-4-5(8)6(9)7(10)11/h2-4H2,1H3. The molecular weight excluding hydrogens is 150 g/mol. The molecule has 0 saturated carbocycles. The van der Waals surface area contributed by atoms with Gasteiger partial charge < -0.3 is 0 Å². The van der Waals surface area contributed by atoms with Crippen LogP contribution < -0.4 is 0 Å². The topological polar surface area (TPSA) is 77.3 Å². The van der Waals surface area contributed by atoms with Crippen molar-refractivity contribution >= 4 is 11.7 Å². The molecule has 0 aliphatic carbocycles. The van der Waals surface area contributed by atoms with Crippen molar-refractivity contribution in [1.82, 2.24) is 0 Å². The normalized spacial score (nSPS) is 9.18. The van der Waals surface area contributed by atoms with Gasteiger partial charge in [-0.25, -0.2) is 4.79 Å². The minimum absolute atomic E-state index is 0.0175. The van der Waals surface area contributed by atoms with E-state index in [1.807, 2.05) is 6.92 Å². The number of hydrogen-bond acceptors (Lipinski definition) is 4. The van der Waals surface area contributed by atoms with Crippen LogP contribution in [0, 0.1) is 10.1 Å². The van der Waals surface area contributed by atoms with E-state index in [1.165, 1.54) is 0 Å². The second kappa shape index (κ2) is 4.54. The van der Waals surface area contributed by atoms with Gasteiger partial charge in [-0.2, -0.15) is 0 Å². The Morgan fingerprint density at radius 3 is 2.36 bits per heavy atom. The molecule has 0 atom stereocenters. The number of Topliss-reactive ketones (excluding diaryl/α,β-unsaturated/α-hetero) is 1. The van der Waals surface area contributed by atoms with Crippen molar-refractivity contribution in [3.8, 4) is 0 Å². The number of nitro groups is 1. The molecule has 0 aromatic rings. The molecule has 0 aliphatic heterocycles. The summed E-state index contributed by atoms with van der Waals surface area (Å²) in [4.78, 5) is 29.4. The molecule has 0 saturated heterocycles. The summed E-state index contributed by atoms with van der Waals surface area (Å²) >= 11 is 0. The molecule has 0 aromatic carbocycles. The predicted molar refractivity (Wildman–Crippen MR) is 36.5 cm³/mol. The Labute approximate surface area is 63.5 Å². The van der Waals surface area contributed by atoms with E-state index < -0.39 is 16.6 Å². The Morgan fingerprint density at radius 1 is 1.45 bits per heavy atom. The summed E-state index contributed by atoms with van der Waals surface area (Å²) in [5, 5.41) is 9.74. The lowest BCUT2D eigenvalue weighted by Gasteiger charge is -1.89. The highest BCUT2D eigenvalue weighted by atomic mass is 16.6. The van der Waals surface area contributed by atoms with Crippen LogP contribution in [0.3, 0.4) is 0 Å². The summed E-state index contributed by atoms with van der Waals surface area (Å²) in [6, 6.07) is 0. The maximum Gasteiger partial charge on any atom is 0.511 e. The third-order valence-corrected chi connectivity index (χ3v) is 1.16. The SMILES string of the molecule is CCCCC(=O)C(=O)[N+](=O)[O-]. The van der Waals surface area contributed by atoms with Crippen molar-refractivity contribution in [2.75, 3.05) is 0 Å². The smallest absolute Gasteiger partial charge is 0.283 e. The minimum Gasteiger partial charge on any atom is -0.283 e. The molecule has 5 nitrogen and oxygen atoms in total. The van der Waals surface area contributed by atoms with E-state index in [-0.39, 0.29) is 6.42 Å². The van der Waals surface area contributed by atoms with E-state index in [1.54, 1.807) is 0 Å². The third-order valence-electron chi connectivity index (χ3n) is 1.16. The van der Waals surface area contributed by atoms with Gasteiger partial charge in [0.05, 0.1) is 0 Å². The second-order valence-electron chi connectivity index (χ2n) is 2.09. The third kappa shape index (κ3) is 3.44. The van der Waals surface area contributed by atoms with Gasteiger partial charge in [0.2, 0.25) is 0 Å². The van der Waals surface area contributed by atoms with Gasteiger partial charge in [0.15, 0.2) is 0 Å². The van der Waals surface area contributed by atoms with Crippen LogP contribution in [0.15, 0.2) is 0 Å². The summed E-state index contributed by atoms with van der Waals surface area (Å²) in [5.41, 5.74) is 0. The number of ketones is 1. The number of rotatable bonds is 4. The number of hydrogen-bond donors (Lipinski definition) is 0. The molecule has 62 valence electrons. The van der Waals surface area contributed by atoms with Gasteiger partial charge in [-0.05, 0) is 6.42 Å². The average molecular weight is 159 g/mol. The number of amides is 1. The first-order valence-corrected chi connectivity index (χ1v) is 3.31. The van der Waals surface area contributed by atoms with Crippen molar-refractivity contribution in [2.45, 2.75) is 26.2 Å². The summed E-state index contributed by atoms with van der Waals surface area (Å²) < 4.78 is 0. The zero-order valence-electron chi connectivity index (χ0n) is 6.20. The molecule has 0 rings (SSSR count). The van der Waals surface area contributed by atoms with Gasteiger partial charge in [0.25, 0.3) is 5.78 Å². The fourth-order valence-electron chi connectivity index (χ4n) is 0.546. The lowest BCUT2D eigenvalue weighted by Crippen LogP contribution is -2.22. The molecule has 0 aromatic heterocycles. The largest absolute Gasteiger partial charge is 0.511 e. The van der Waals surface area contributed by atoms with Crippen molar-refractivity contribution in [1.29, 1.82) is 0 Å². The van der Waals surface area contributed by atoms with Crippen LogP contribution in [0.1, 0.15) is 26.2 Å². The van der Waals surface area contributed by atoms with E-state index in [4.69, 9.17) is 0 Å². The number of unbranched alkanes of at least 4 members (excludes halogenated alkanes) is 1. The summed E-state index contributed by atoms with van der Waals surface area (Å²) in [5.74, 6) is -2.41. The Bertz CT molecular complexity index is 187. The van der Waals surface area contributed by atoms with Crippen LogP contribution in [0.5, 0.6) is 0 Å². The highest BCUT2D eigenvalue weighted by Gasteiger charge is 2.24. The number of nitrogens with zero attached hydrogens (tertiary/aromatic N) is 1. The monoisotopic (exact) mass is 159 g/mol. The molecule has 1 amide bonds. The molecule has 0 bridgehead atoms. The van der Waals surface area contributed by atoms with Crippen molar-refractivity contribution < 1.29 is 14.5 Å². The van der Waals surface area contributed by atoms with E-state index in [0.717, 1.165) is 6.42 Å². The van der Waals surface area contributed by atoms with Crippen LogP contribution in [0.2, 0.25) is 0 Å². The fraction of sp³-hybridized carbons (Fsp3) is 0.667. The zero-order valence-corrected chi connectivity index (χ0v) is 6.20. The summed E-state index contributed by atoms with van der Waals surface area (Å²) in [6.07, 6.45) is 1.26. The maximum atomic E-state index is 10.6. The van der Waals surface area contributed by atoms with Crippen molar-refractivity contribution in [2.24, 2.45) is 0 Å². The molecular formula is C6H9NO4. The Hall–Kier alpha value is -1.26. The molecule has 0 radical (unpaired) electrons. The van der Waals surface area contributed by atoms with E-state index in [9.17, 15) is 19.7 Å². The molecule has 0 heterocycles. The summed E-state index contributed by atoms with van der Waals surface area (Å²) in [6.45, 7) is 1.84. The number of carbonyl (C=O) groups excluding carboxylic acids is 2. The lowest BCUT2D eigenvalue weighted by molar-refractivity contribution is -0.396. The van der Waals surface area contributed by atoms with Gasteiger partial charge in [-0.3, -0.25) is 14.9 Å². The first-order valence-electron chi connectivity index (χ1n) is 3.31. The van der Waals surface area contributed by atoms with Gasteiger partial charge in [0, 0.05) is 6.42 Å². The van der Waals surface area contributed by atoms with Crippen LogP contribution in [-0.2, 0) is 9.59 Å². The van der Waals surface area contributed by atoms with E-state index in [2.05, 4.69) is 0 Å². The lowest BCUT2D eigenvalue weighted by atomic mass is 10.2. The van der Waals surface area contributed by atoms with Gasteiger partial charge in [0.1, 0.15) is 4.92 Å². The summed E-state index contributed by atoms with van der Waals surface area (Å²) in [7, 11) is 0. The molecule has 0 aliphatic rings. The highest BCUT2D eigenvalue weighted by Crippen LogP contribution is 1.95. The zero-order chi connectivity index (χ0) is 8.85. The Morgan fingerprint density at radius 2 is 2.00 bits per heavy atom. The predicted octanol–water partition coefficient (Wildman–Crippen LogP) is 0.549. The second-order valence-corrected chi connectivity index (χ2v) is 2.09. The molecule has 5 heteroatoms. The van der Waals surface area contributed by atoms with Crippen LogP contribution in [0.4, 0.5) is 0 Å². The van der Waals surface area contributed by atoms with Gasteiger partial charge in [-0.15, -0.1) is 0 Å². The van der Waals surface area contributed by atoms with Crippen LogP contribution in [-0.4, -0.2) is 16.6 Å². The highest BCUT2D eigenvalue weighted by molar-refractivity contribution is 6.32. The van der Waals surface area contributed by atoms with E-state index in [0.29, 0.717) is 6.42 Å². The molecule has 0 unspecified atom stereocenters. The molecule has 11 heavy (non-hydrogen) atoms. The number of carbonyl (C=O) groups is 2. The fourth-order valence-corrected chi connectivity index (χ4v) is 0.546. The van der Waals surface area contributed by atoms with Gasteiger partial charge in [-0.1, -0.05) is 13.3 Å². The minimum atomic E-state index is -1.50.